The number of methoxy groups -OCH3 is 1. The van der Waals surface area contributed by atoms with E-state index in [4.69, 9.17) is 10.5 Å². The Morgan fingerprint density at radius 2 is 1.95 bits per heavy atom. The molecule has 2 amide bonds. The minimum Gasteiger partial charge on any atom is -0.380 e. The van der Waals surface area contributed by atoms with Crippen molar-refractivity contribution in [3.05, 3.63) is 11.6 Å². The molecule has 1 aliphatic heterocycles. The van der Waals surface area contributed by atoms with Gasteiger partial charge in [-0.2, -0.15) is 0 Å². The van der Waals surface area contributed by atoms with E-state index in [0.717, 1.165) is 25.7 Å². The quantitative estimate of drug-likeness (QED) is 0.804. The molecule has 0 spiro atoms. The van der Waals surface area contributed by atoms with E-state index in [1.807, 2.05) is 0 Å². The zero-order valence-corrected chi connectivity index (χ0v) is 13.2. The van der Waals surface area contributed by atoms with Crippen LogP contribution in [-0.2, 0) is 14.3 Å². The van der Waals surface area contributed by atoms with E-state index in [0.29, 0.717) is 18.4 Å². The van der Waals surface area contributed by atoms with Crippen LogP contribution in [0.3, 0.4) is 0 Å². The number of carbonyl (C=O) groups excluding carboxylic acids is 2. The molecule has 1 aliphatic carbocycles. The second kappa shape index (κ2) is 6.18. The van der Waals surface area contributed by atoms with Gasteiger partial charge in [-0.1, -0.05) is 19.4 Å². The molecule has 2 atom stereocenters. The summed E-state index contributed by atoms with van der Waals surface area (Å²) < 4.78 is 5.27. The summed E-state index contributed by atoms with van der Waals surface area (Å²) in [5, 5.41) is 0. The lowest BCUT2D eigenvalue weighted by Crippen LogP contribution is -2.43. The van der Waals surface area contributed by atoms with Gasteiger partial charge in [-0.15, -0.1) is 0 Å². The summed E-state index contributed by atoms with van der Waals surface area (Å²) in [4.78, 5) is 25.5. The van der Waals surface area contributed by atoms with Crippen molar-refractivity contribution in [2.24, 2.45) is 11.1 Å². The summed E-state index contributed by atoms with van der Waals surface area (Å²) in [5.74, 6) is -0.556. The van der Waals surface area contributed by atoms with Crippen LogP contribution in [0, 0.1) is 5.41 Å². The minimum atomic E-state index is -0.542. The molecule has 2 rings (SSSR count). The molecule has 2 N–H and O–H groups in total. The standard InChI is InChI=1S/C16H26N2O3/c1-16(2)6-4-11(5-7-16)8-14(19)18-10-12(21-3)9-13(18)15(17)20/h8,12-13H,4-7,9-10H2,1-3H3,(H2,17,20)/t12-,13-/m0/s1. The number of nitrogens with two attached hydrogens (primary N) is 1. The van der Waals surface area contributed by atoms with Crippen LogP contribution < -0.4 is 5.73 Å². The lowest BCUT2D eigenvalue weighted by Gasteiger charge is -2.31. The van der Waals surface area contributed by atoms with Crippen molar-refractivity contribution < 1.29 is 14.3 Å². The van der Waals surface area contributed by atoms with E-state index in [1.165, 1.54) is 5.57 Å². The van der Waals surface area contributed by atoms with Gasteiger partial charge in [0.1, 0.15) is 6.04 Å². The van der Waals surface area contributed by atoms with Crippen LogP contribution in [0.2, 0.25) is 0 Å². The average Bonchev–Trinajstić information content (AvgIpc) is 2.85. The second-order valence-corrected chi connectivity index (χ2v) is 6.97. The molecule has 0 radical (unpaired) electrons. The molecule has 2 fully saturated rings. The number of primary amides is 1. The third kappa shape index (κ3) is 3.84. The third-order valence-electron chi connectivity index (χ3n) is 4.78. The number of likely N-dealkylation sites (tertiary alicyclic amines) is 1. The van der Waals surface area contributed by atoms with Gasteiger partial charge < -0.3 is 15.4 Å². The fraction of sp³-hybridized carbons (Fsp3) is 0.750. The molecule has 118 valence electrons. The molecule has 0 bridgehead atoms. The van der Waals surface area contributed by atoms with Crippen LogP contribution in [0.5, 0.6) is 0 Å². The summed E-state index contributed by atoms with van der Waals surface area (Å²) >= 11 is 0. The van der Waals surface area contributed by atoms with E-state index in [9.17, 15) is 9.59 Å². The first-order valence-electron chi connectivity index (χ1n) is 7.64. The molecular weight excluding hydrogens is 268 g/mol. The van der Waals surface area contributed by atoms with E-state index >= 15 is 0 Å². The van der Waals surface area contributed by atoms with Crippen LogP contribution in [0.4, 0.5) is 0 Å². The first kappa shape index (κ1) is 16.0. The molecule has 0 unspecified atom stereocenters. The molecule has 5 heteroatoms. The Morgan fingerprint density at radius 1 is 1.33 bits per heavy atom. The van der Waals surface area contributed by atoms with Crippen LogP contribution in [0.15, 0.2) is 11.6 Å². The van der Waals surface area contributed by atoms with Crippen molar-refractivity contribution in [3.63, 3.8) is 0 Å². The molecule has 1 saturated carbocycles. The predicted molar refractivity (Wildman–Crippen MR) is 80.4 cm³/mol. The Bertz CT molecular complexity index is 444. The van der Waals surface area contributed by atoms with Gasteiger partial charge in [-0.25, -0.2) is 0 Å². The lowest BCUT2D eigenvalue weighted by molar-refractivity contribution is -0.133. The largest absolute Gasteiger partial charge is 0.380 e. The summed E-state index contributed by atoms with van der Waals surface area (Å²) in [6.07, 6.45) is 6.23. The number of allylic oxidation sites excluding steroid dienone is 1. The van der Waals surface area contributed by atoms with Gasteiger partial charge in [0.2, 0.25) is 11.8 Å². The molecule has 0 aromatic rings. The highest BCUT2D eigenvalue weighted by molar-refractivity contribution is 5.93. The first-order chi connectivity index (χ1) is 9.82. The van der Waals surface area contributed by atoms with Crippen molar-refractivity contribution in [2.75, 3.05) is 13.7 Å². The van der Waals surface area contributed by atoms with E-state index < -0.39 is 11.9 Å². The van der Waals surface area contributed by atoms with E-state index in [-0.39, 0.29) is 12.0 Å². The fourth-order valence-corrected chi connectivity index (χ4v) is 3.13. The van der Waals surface area contributed by atoms with Crippen LogP contribution in [-0.4, -0.2) is 42.5 Å². The molecule has 21 heavy (non-hydrogen) atoms. The summed E-state index contributed by atoms with van der Waals surface area (Å²) in [6, 6.07) is -0.542. The summed E-state index contributed by atoms with van der Waals surface area (Å²) in [7, 11) is 1.60. The first-order valence-corrected chi connectivity index (χ1v) is 7.64. The molecule has 5 nitrogen and oxygen atoms in total. The van der Waals surface area contributed by atoms with Gasteiger partial charge >= 0.3 is 0 Å². The Morgan fingerprint density at radius 3 is 2.48 bits per heavy atom. The number of hydrogen-bond acceptors (Lipinski definition) is 3. The Kier molecular flexibility index (Phi) is 4.71. The number of ether oxygens (including phenoxy) is 1. The van der Waals surface area contributed by atoms with Crippen LogP contribution in [0.1, 0.15) is 46.0 Å². The summed E-state index contributed by atoms with van der Waals surface area (Å²) in [6.45, 7) is 4.97. The number of carbonyl (C=O) groups is 2. The van der Waals surface area contributed by atoms with Gasteiger partial charge in [-0.3, -0.25) is 9.59 Å². The predicted octanol–water partition coefficient (Wildman–Crippen LogP) is 1.61. The van der Waals surface area contributed by atoms with Gasteiger partial charge in [0.15, 0.2) is 0 Å². The maximum atomic E-state index is 12.4. The molecule has 0 aromatic carbocycles. The molecule has 1 heterocycles. The number of nitrogens with zero attached hydrogens (tertiary/aromatic N) is 1. The molecule has 2 aliphatic rings. The van der Waals surface area contributed by atoms with E-state index in [2.05, 4.69) is 13.8 Å². The normalized spacial score (nSPS) is 28.5. The number of hydrogen-bond donors (Lipinski definition) is 1. The van der Waals surface area contributed by atoms with Crippen molar-refractivity contribution in [1.29, 1.82) is 0 Å². The van der Waals surface area contributed by atoms with Gasteiger partial charge in [-0.05, 0) is 31.1 Å². The Labute approximate surface area is 126 Å². The SMILES string of the molecule is CO[C@H]1C[C@@H](C(N)=O)N(C(=O)C=C2CCC(C)(C)CC2)C1. The zero-order chi connectivity index (χ0) is 15.6. The number of rotatable bonds is 3. The Hall–Kier alpha value is -1.36. The Balaban J connectivity index is 2.04. The third-order valence-corrected chi connectivity index (χ3v) is 4.78. The maximum absolute atomic E-state index is 12.4. The maximum Gasteiger partial charge on any atom is 0.247 e. The number of amides is 2. The topological polar surface area (TPSA) is 72.6 Å². The second-order valence-electron chi connectivity index (χ2n) is 6.97. The summed E-state index contributed by atoms with van der Waals surface area (Å²) in [5.41, 5.74) is 6.95. The van der Waals surface area contributed by atoms with Crippen molar-refractivity contribution in [2.45, 2.75) is 58.1 Å². The van der Waals surface area contributed by atoms with Crippen molar-refractivity contribution >= 4 is 11.8 Å². The van der Waals surface area contributed by atoms with Crippen molar-refractivity contribution in [1.82, 2.24) is 4.90 Å². The lowest BCUT2D eigenvalue weighted by atomic mass is 9.75. The smallest absolute Gasteiger partial charge is 0.247 e. The van der Waals surface area contributed by atoms with Crippen LogP contribution in [0.25, 0.3) is 0 Å². The highest BCUT2D eigenvalue weighted by Gasteiger charge is 2.38. The molecule has 1 saturated heterocycles. The highest BCUT2D eigenvalue weighted by atomic mass is 16.5. The average molecular weight is 294 g/mol. The molecule has 0 aromatic heterocycles. The van der Waals surface area contributed by atoms with Gasteiger partial charge in [0, 0.05) is 26.2 Å². The van der Waals surface area contributed by atoms with Crippen LogP contribution >= 0.6 is 0 Å². The van der Waals surface area contributed by atoms with E-state index in [1.54, 1.807) is 18.1 Å². The van der Waals surface area contributed by atoms with Gasteiger partial charge in [0.05, 0.1) is 6.10 Å². The molecular formula is C16H26N2O3. The van der Waals surface area contributed by atoms with Gasteiger partial charge in [0.25, 0.3) is 0 Å². The van der Waals surface area contributed by atoms with Crippen molar-refractivity contribution in [3.8, 4) is 0 Å². The monoisotopic (exact) mass is 294 g/mol. The highest BCUT2D eigenvalue weighted by Crippen LogP contribution is 2.37. The zero-order valence-electron chi connectivity index (χ0n) is 13.2. The minimum absolute atomic E-state index is 0.102. The fourth-order valence-electron chi connectivity index (χ4n) is 3.13.